The lowest BCUT2D eigenvalue weighted by Gasteiger charge is -2.29. The number of likely N-dealkylation sites (tertiary alicyclic amines) is 1. The van der Waals surface area contributed by atoms with Crippen LogP contribution in [0.1, 0.15) is 30.4 Å². The monoisotopic (exact) mass is 540 g/mol. The van der Waals surface area contributed by atoms with Gasteiger partial charge in [-0.25, -0.2) is 4.79 Å². The number of nitrogens with one attached hydrogen (secondary N) is 2. The smallest absolute Gasteiger partial charge is 0.326 e. The lowest BCUT2D eigenvalue weighted by molar-refractivity contribution is -0.149. The van der Waals surface area contributed by atoms with Gasteiger partial charge in [0.05, 0.1) is 6.04 Å². The molecule has 38 heavy (non-hydrogen) atoms. The highest BCUT2D eigenvalue weighted by Crippen LogP contribution is 2.20. The third-order valence-electron chi connectivity index (χ3n) is 6.60. The highest BCUT2D eigenvalue weighted by molar-refractivity contribution is 7.98. The lowest BCUT2D eigenvalue weighted by atomic mass is 10.0. The SMILES string of the molecule is CSCCC(NC(=O)C(Cc1ccccc1)NC(=O)C(N)Cc1ccccc1)C(=O)N1CCCC1C(=O)O. The van der Waals surface area contributed by atoms with E-state index in [0.29, 0.717) is 38.0 Å². The molecule has 4 unspecified atom stereocenters. The van der Waals surface area contributed by atoms with Crippen molar-refractivity contribution in [2.45, 2.75) is 56.3 Å². The molecule has 3 amide bonds. The summed E-state index contributed by atoms with van der Waals surface area (Å²) in [6.45, 7) is 0.333. The molecule has 1 fully saturated rings. The zero-order valence-corrected chi connectivity index (χ0v) is 22.4. The van der Waals surface area contributed by atoms with Crippen molar-refractivity contribution in [1.82, 2.24) is 15.5 Å². The first kappa shape index (κ1) is 29.2. The number of carbonyl (C=O) groups excluding carboxylic acids is 3. The van der Waals surface area contributed by atoms with Crippen LogP contribution in [-0.4, -0.2) is 76.4 Å². The van der Waals surface area contributed by atoms with E-state index in [-0.39, 0.29) is 6.42 Å². The average Bonchev–Trinajstić information content (AvgIpc) is 3.42. The third-order valence-corrected chi connectivity index (χ3v) is 7.24. The van der Waals surface area contributed by atoms with Crippen molar-refractivity contribution in [2.75, 3.05) is 18.6 Å². The molecular weight excluding hydrogens is 504 g/mol. The Balaban J connectivity index is 1.76. The molecule has 1 aliphatic rings. The van der Waals surface area contributed by atoms with Gasteiger partial charge in [0, 0.05) is 13.0 Å². The Morgan fingerprint density at radius 2 is 1.53 bits per heavy atom. The van der Waals surface area contributed by atoms with Crippen molar-refractivity contribution in [3.8, 4) is 0 Å². The van der Waals surface area contributed by atoms with Crippen LogP contribution >= 0.6 is 11.8 Å². The standard InChI is InChI=1S/C28H36N4O5S/c1-38-16-14-22(27(35)32-15-8-13-24(32)28(36)37)30-26(34)23(18-20-11-6-3-7-12-20)31-25(33)21(29)17-19-9-4-2-5-10-19/h2-7,9-12,21-24H,8,13-18,29H2,1H3,(H,30,34)(H,31,33)(H,36,37). The van der Waals surface area contributed by atoms with Gasteiger partial charge in [-0.3, -0.25) is 14.4 Å². The van der Waals surface area contributed by atoms with Crippen molar-refractivity contribution in [3.05, 3.63) is 71.8 Å². The highest BCUT2D eigenvalue weighted by Gasteiger charge is 2.38. The number of thioether (sulfide) groups is 1. The molecule has 204 valence electrons. The minimum Gasteiger partial charge on any atom is -0.480 e. The summed E-state index contributed by atoms with van der Waals surface area (Å²) in [5.41, 5.74) is 7.91. The van der Waals surface area contributed by atoms with Crippen LogP contribution < -0.4 is 16.4 Å². The minimum absolute atomic E-state index is 0.210. The number of carbonyl (C=O) groups is 4. The Hall–Kier alpha value is -3.37. The Kier molecular flexibility index (Phi) is 11.2. The molecule has 0 saturated carbocycles. The molecule has 0 aromatic heterocycles. The van der Waals surface area contributed by atoms with Crippen molar-refractivity contribution in [3.63, 3.8) is 0 Å². The fraction of sp³-hybridized carbons (Fsp3) is 0.429. The first-order valence-electron chi connectivity index (χ1n) is 12.8. The van der Waals surface area contributed by atoms with Crippen LogP contribution in [0, 0.1) is 0 Å². The van der Waals surface area contributed by atoms with E-state index in [4.69, 9.17) is 5.73 Å². The quantitative estimate of drug-likeness (QED) is 0.302. The van der Waals surface area contributed by atoms with Crippen molar-refractivity contribution in [1.29, 1.82) is 0 Å². The summed E-state index contributed by atoms with van der Waals surface area (Å²) in [5.74, 6) is -1.85. The first-order valence-corrected chi connectivity index (χ1v) is 14.2. The van der Waals surface area contributed by atoms with E-state index < -0.39 is 47.9 Å². The molecular formula is C28H36N4O5S. The van der Waals surface area contributed by atoms with Crippen molar-refractivity contribution in [2.24, 2.45) is 5.73 Å². The number of aliphatic carboxylic acids is 1. The molecule has 2 aromatic rings. The zero-order chi connectivity index (χ0) is 27.5. The van der Waals surface area contributed by atoms with E-state index in [1.54, 1.807) is 0 Å². The Morgan fingerprint density at radius 1 is 0.947 bits per heavy atom. The summed E-state index contributed by atoms with van der Waals surface area (Å²) < 4.78 is 0. The molecule has 2 aromatic carbocycles. The molecule has 9 nitrogen and oxygen atoms in total. The topological polar surface area (TPSA) is 142 Å². The molecule has 0 bridgehead atoms. The van der Waals surface area contributed by atoms with E-state index in [2.05, 4.69) is 10.6 Å². The van der Waals surface area contributed by atoms with Gasteiger partial charge in [0.2, 0.25) is 17.7 Å². The Labute approximate surface area is 227 Å². The van der Waals surface area contributed by atoms with Gasteiger partial charge < -0.3 is 26.4 Å². The van der Waals surface area contributed by atoms with Gasteiger partial charge in [0.1, 0.15) is 18.1 Å². The molecule has 1 saturated heterocycles. The summed E-state index contributed by atoms with van der Waals surface area (Å²) in [6.07, 6.45) is 3.74. The molecule has 5 N–H and O–H groups in total. The van der Waals surface area contributed by atoms with Crippen LogP contribution in [0.25, 0.3) is 0 Å². The van der Waals surface area contributed by atoms with Crippen LogP contribution in [0.2, 0.25) is 0 Å². The Morgan fingerprint density at radius 3 is 2.11 bits per heavy atom. The van der Waals surface area contributed by atoms with E-state index in [0.717, 1.165) is 11.1 Å². The van der Waals surface area contributed by atoms with Crippen molar-refractivity contribution < 1.29 is 24.3 Å². The first-order chi connectivity index (χ1) is 18.3. The predicted molar refractivity (Wildman–Crippen MR) is 147 cm³/mol. The second-order valence-corrected chi connectivity index (χ2v) is 10.4. The molecule has 0 spiro atoms. The molecule has 1 aliphatic heterocycles. The largest absolute Gasteiger partial charge is 0.480 e. The summed E-state index contributed by atoms with van der Waals surface area (Å²) in [5, 5.41) is 15.1. The second-order valence-electron chi connectivity index (χ2n) is 9.42. The fourth-order valence-electron chi connectivity index (χ4n) is 4.55. The fourth-order valence-corrected chi connectivity index (χ4v) is 5.02. The Bertz CT molecular complexity index is 1090. The normalized spacial score (nSPS) is 17.3. The zero-order valence-electron chi connectivity index (χ0n) is 21.5. The molecule has 0 radical (unpaired) electrons. The van der Waals surface area contributed by atoms with Gasteiger partial charge in [-0.1, -0.05) is 60.7 Å². The maximum atomic E-state index is 13.5. The lowest BCUT2D eigenvalue weighted by Crippen LogP contribution is -2.58. The number of nitrogens with two attached hydrogens (primary N) is 1. The number of hydrogen-bond donors (Lipinski definition) is 4. The van der Waals surface area contributed by atoms with E-state index in [1.165, 1.54) is 16.7 Å². The van der Waals surface area contributed by atoms with Gasteiger partial charge in [0.15, 0.2) is 0 Å². The van der Waals surface area contributed by atoms with Gasteiger partial charge in [0.25, 0.3) is 0 Å². The average molecular weight is 541 g/mol. The molecule has 10 heteroatoms. The summed E-state index contributed by atoms with van der Waals surface area (Å²) >= 11 is 1.53. The number of carboxylic acid groups (broad SMARTS) is 1. The number of nitrogens with zero attached hydrogens (tertiary/aromatic N) is 1. The minimum atomic E-state index is -1.05. The molecule has 3 rings (SSSR count). The van der Waals surface area contributed by atoms with Gasteiger partial charge in [-0.2, -0.15) is 11.8 Å². The van der Waals surface area contributed by atoms with Gasteiger partial charge in [-0.15, -0.1) is 0 Å². The summed E-state index contributed by atoms with van der Waals surface area (Å²) in [7, 11) is 0. The number of carboxylic acids is 1. The number of benzene rings is 2. The summed E-state index contributed by atoms with van der Waals surface area (Å²) in [4.78, 5) is 52.9. The number of rotatable bonds is 13. The highest BCUT2D eigenvalue weighted by atomic mass is 32.2. The third kappa shape index (κ3) is 8.32. The predicted octanol–water partition coefficient (Wildman–Crippen LogP) is 1.60. The van der Waals surface area contributed by atoms with Crippen LogP contribution in [-0.2, 0) is 32.0 Å². The number of hydrogen-bond acceptors (Lipinski definition) is 6. The summed E-state index contributed by atoms with van der Waals surface area (Å²) in [6, 6.07) is 15.0. The van der Waals surface area contributed by atoms with Crippen LogP contribution in [0.15, 0.2) is 60.7 Å². The molecule has 4 atom stereocenters. The van der Waals surface area contributed by atoms with Gasteiger partial charge >= 0.3 is 5.97 Å². The molecule has 0 aliphatic carbocycles. The van der Waals surface area contributed by atoms with E-state index in [9.17, 15) is 24.3 Å². The van der Waals surface area contributed by atoms with Crippen LogP contribution in [0.4, 0.5) is 0 Å². The second kappa shape index (κ2) is 14.5. The molecule has 1 heterocycles. The maximum Gasteiger partial charge on any atom is 0.326 e. The van der Waals surface area contributed by atoms with Gasteiger partial charge in [-0.05, 0) is 48.8 Å². The van der Waals surface area contributed by atoms with E-state index in [1.807, 2.05) is 66.9 Å². The van der Waals surface area contributed by atoms with Crippen molar-refractivity contribution >= 4 is 35.5 Å². The van der Waals surface area contributed by atoms with Crippen LogP contribution in [0.5, 0.6) is 0 Å². The van der Waals surface area contributed by atoms with E-state index >= 15 is 0 Å². The van der Waals surface area contributed by atoms with Crippen LogP contribution in [0.3, 0.4) is 0 Å². The number of amides is 3. The maximum absolute atomic E-state index is 13.5.